The van der Waals surface area contributed by atoms with Gasteiger partial charge in [-0.15, -0.1) is 0 Å². The molecule has 3 rings (SSSR count). The summed E-state index contributed by atoms with van der Waals surface area (Å²) in [6, 6.07) is 3.98. The summed E-state index contributed by atoms with van der Waals surface area (Å²) < 4.78 is 5.26. The topological polar surface area (TPSA) is 62.1 Å². The fourth-order valence-corrected chi connectivity index (χ4v) is 4.22. The van der Waals surface area contributed by atoms with Crippen LogP contribution in [0.25, 0.3) is 6.08 Å². The van der Waals surface area contributed by atoms with Crippen LogP contribution in [-0.2, 0) is 0 Å². The molecule has 0 saturated carbocycles. The van der Waals surface area contributed by atoms with Gasteiger partial charge >= 0.3 is 5.69 Å². The molecule has 0 amide bonds. The summed E-state index contributed by atoms with van der Waals surface area (Å²) in [4.78, 5) is 18.2. The summed E-state index contributed by atoms with van der Waals surface area (Å²) in [6.45, 7) is 10.4. The second kappa shape index (κ2) is 8.71. The molecule has 2 fully saturated rings. The molecule has 0 unspecified atom stereocenters. The minimum atomic E-state index is -0.405. The van der Waals surface area contributed by atoms with E-state index in [1.165, 1.54) is 26.6 Å². The molecule has 148 valence electrons. The SMILES string of the molecule is C=Cc1cc([N+](=O)[O-])c(OC)cc1N1CCC(N2CCCN(C)CC2)CC1. The number of piperidine rings is 1. The van der Waals surface area contributed by atoms with Crippen molar-refractivity contribution in [2.24, 2.45) is 0 Å². The van der Waals surface area contributed by atoms with Crippen LogP contribution in [-0.4, -0.2) is 74.2 Å². The number of methoxy groups -OCH3 is 1. The second-order valence-electron chi connectivity index (χ2n) is 7.46. The number of likely N-dealkylation sites (N-methyl/N-ethyl adjacent to an activating group) is 1. The number of ether oxygens (including phenoxy) is 1. The van der Waals surface area contributed by atoms with Crippen LogP contribution in [0.15, 0.2) is 18.7 Å². The van der Waals surface area contributed by atoms with E-state index < -0.39 is 4.92 Å². The Kier molecular flexibility index (Phi) is 6.34. The van der Waals surface area contributed by atoms with Crippen molar-refractivity contribution in [1.29, 1.82) is 0 Å². The lowest BCUT2D eigenvalue weighted by molar-refractivity contribution is -0.385. The van der Waals surface area contributed by atoms with Crippen LogP contribution in [0.5, 0.6) is 5.75 Å². The second-order valence-corrected chi connectivity index (χ2v) is 7.46. The number of nitrogens with zero attached hydrogens (tertiary/aromatic N) is 4. The van der Waals surface area contributed by atoms with Gasteiger partial charge in [0.25, 0.3) is 0 Å². The quantitative estimate of drug-likeness (QED) is 0.583. The zero-order valence-corrected chi connectivity index (χ0v) is 16.4. The maximum absolute atomic E-state index is 11.3. The Labute approximate surface area is 161 Å². The molecule has 27 heavy (non-hydrogen) atoms. The van der Waals surface area contributed by atoms with E-state index in [1.807, 2.05) is 0 Å². The highest BCUT2D eigenvalue weighted by atomic mass is 16.6. The van der Waals surface area contributed by atoms with E-state index in [2.05, 4.69) is 28.3 Å². The summed E-state index contributed by atoms with van der Waals surface area (Å²) in [5.41, 5.74) is 1.75. The number of rotatable bonds is 5. The van der Waals surface area contributed by atoms with Crippen LogP contribution in [0, 0.1) is 10.1 Å². The molecule has 7 nitrogen and oxygen atoms in total. The van der Waals surface area contributed by atoms with Crippen LogP contribution in [0.1, 0.15) is 24.8 Å². The maximum Gasteiger partial charge on any atom is 0.311 e. The first-order chi connectivity index (χ1) is 13.0. The van der Waals surface area contributed by atoms with Gasteiger partial charge in [0.1, 0.15) is 0 Å². The molecule has 2 aliphatic rings. The fourth-order valence-electron chi connectivity index (χ4n) is 4.22. The summed E-state index contributed by atoms with van der Waals surface area (Å²) in [7, 11) is 3.67. The van der Waals surface area contributed by atoms with Gasteiger partial charge in [-0.3, -0.25) is 15.0 Å². The van der Waals surface area contributed by atoms with E-state index in [1.54, 1.807) is 18.2 Å². The summed E-state index contributed by atoms with van der Waals surface area (Å²) in [6.07, 6.45) is 5.15. The van der Waals surface area contributed by atoms with Crippen LogP contribution in [0.2, 0.25) is 0 Å². The van der Waals surface area contributed by atoms with Gasteiger partial charge < -0.3 is 14.5 Å². The summed E-state index contributed by atoms with van der Waals surface area (Å²) >= 11 is 0. The smallest absolute Gasteiger partial charge is 0.311 e. The monoisotopic (exact) mass is 374 g/mol. The van der Waals surface area contributed by atoms with Crippen molar-refractivity contribution in [1.82, 2.24) is 9.80 Å². The number of nitro benzene ring substituents is 1. The fraction of sp³-hybridized carbons (Fsp3) is 0.600. The maximum atomic E-state index is 11.3. The molecule has 0 radical (unpaired) electrons. The van der Waals surface area contributed by atoms with Crippen molar-refractivity contribution in [3.63, 3.8) is 0 Å². The van der Waals surface area contributed by atoms with Gasteiger partial charge in [0.05, 0.1) is 12.0 Å². The largest absolute Gasteiger partial charge is 0.490 e. The number of nitro groups is 1. The van der Waals surface area contributed by atoms with Gasteiger partial charge in [0, 0.05) is 55.6 Å². The Morgan fingerprint density at radius 2 is 1.93 bits per heavy atom. The first-order valence-electron chi connectivity index (χ1n) is 9.70. The highest BCUT2D eigenvalue weighted by Crippen LogP contribution is 2.37. The van der Waals surface area contributed by atoms with Crippen molar-refractivity contribution in [3.05, 3.63) is 34.4 Å². The molecule has 7 heteroatoms. The molecule has 2 saturated heterocycles. The molecule has 0 aliphatic carbocycles. The van der Waals surface area contributed by atoms with Crippen molar-refractivity contribution in [2.75, 3.05) is 58.3 Å². The Hall–Kier alpha value is -2.12. The van der Waals surface area contributed by atoms with E-state index in [0.717, 1.165) is 50.3 Å². The van der Waals surface area contributed by atoms with Gasteiger partial charge in [-0.25, -0.2) is 0 Å². The van der Waals surface area contributed by atoms with Crippen LogP contribution in [0.3, 0.4) is 0 Å². The molecule has 2 heterocycles. The third kappa shape index (κ3) is 4.42. The molecular formula is C20H30N4O3. The Bertz CT molecular complexity index is 686. The van der Waals surface area contributed by atoms with Gasteiger partial charge in [-0.2, -0.15) is 0 Å². The highest BCUT2D eigenvalue weighted by Gasteiger charge is 2.28. The third-order valence-electron chi connectivity index (χ3n) is 5.82. The van der Waals surface area contributed by atoms with Crippen molar-refractivity contribution >= 4 is 17.5 Å². The minimum Gasteiger partial charge on any atom is -0.490 e. The predicted octanol–water partition coefficient (Wildman–Crippen LogP) is 2.85. The van der Waals surface area contributed by atoms with Crippen molar-refractivity contribution in [3.8, 4) is 5.75 Å². The summed E-state index contributed by atoms with van der Waals surface area (Å²) in [5.74, 6) is 0.304. The van der Waals surface area contributed by atoms with Crippen LogP contribution >= 0.6 is 0 Å². The molecule has 0 spiro atoms. The highest BCUT2D eigenvalue weighted by molar-refractivity contribution is 5.73. The van der Waals surface area contributed by atoms with Crippen molar-refractivity contribution < 1.29 is 9.66 Å². The molecular weight excluding hydrogens is 344 g/mol. The Morgan fingerprint density at radius 3 is 2.56 bits per heavy atom. The van der Waals surface area contributed by atoms with Crippen LogP contribution < -0.4 is 9.64 Å². The molecule has 0 aromatic heterocycles. The van der Waals surface area contributed by atoms with E-state index in [9.17, 15) is 10.1 Å². The van der Waals surface area contributed by atoms with E-state index >= 15 is 0 Å². The molecule has 0 atom stereocenters. The average molecular weight is 374 g/mol. The first kappa shape index (κ1) is 19.6. The number of benzene rings is 1. The van der Waals surface area contributed by atoms with Crippen molar-refractivity contribution in [2.45, 2.75) is 25.3 Å². The number of anilines is 1. The standard InChI is InChI=1S/C20H30N4O3/c1-4-16-14-19(24(25)26)20(27-3)15-18(16)23-10-6-17(7-11-23)22-9-5-8-21(2)12-13-22/h4,14-15,17H,1,5-13H2,2-3H3. The van der Waals surface area contributed by atoms with Gasteiger partial charge in [-0.05, 0) is 39.4 Å². The molecule has 0 bridgehead atoms. The lowest BCUT2D eigenvalue weighted by Gasteiger charge is -2.39. The summed E-state index contributed by atoms with van der Waals surface area (Å²) in [5, 5.41) is 11.3. The Balaban J connectivity index is 1.72. The predicted molar refractivity (Wildman–Crippen MR) is 109 cm³/mol. The zero-order valence-electron chi connectivity index (χ0n) is 16.4. The lowest BCUT2D eigenvalue weighted by Crippen LogP contribution is -2.46. The number of hydrogen-bond acceptors (Lipinski definition) is 6. The third-order valence-corrected chi connectivity index (χ3v) is 5.82. The lowest BCUT2D eigenvalue weighted by atomic mass is 10.0. The van der Waals surface area contributed by atoms with Gasteiger partial charge in [-0.1, -0.05) is 12.7 Å². The van der Waals surface area contributed by atoms with Gasteiger partial charge in [0.15, 0.2) is 5.75 Å². The van der Waals surface area contributed by atoms with Gasteiger partial charge in [0.2, 0.25) is 0 Å². The minimum absolute atomic E-state index is 0.0141. The number of hydrogen-bond donors (Lipinski definition) is 0. The van der Waals surface area contributed by atoms with E-state index in [0.29, 0.717) is 11.8 Å². The van der Waals surface area contributed by atoms with Crippen LogP contribution in [0.4, 0.5) is 11.4 Å². The normalized spacial score (nSPS) is 20.3. The first-order valence-corrected chi connectivity index (χ1v) is 9.70. The van der Waals surface area contributed by atoms with E-state index in [-0.39, 0.29) is 5.69 Å². The average Bonchev–Trinajstić information content (AvgIpc) is 2.91. The zero-order chi connectivity index (χ0) is 19.4. The Morgan fingerprint density at radius 1 is 1.19 bits per heavy atom. The molecule has 1 aromatic rings. The molecule has 2 aliphatic heterocycles. The molecule has 0 N–H and O–H groups in total. The van der Waals surface area contributed by atoms with E-state index in [4.69, 9.17) is 4.74 Å². The molecule has 1 aromatic carbocycles.